The van der Waals surface area contributed by atoms with Crippen molar-refractivity contribution < 1.29 is 17.9 Å². The lowest BCUT2D eigenvalue weighted by Gasteiger charge is -2.13. The van der Waals surface area contributed by atoms with Crippen LogP contribution in [-0.4, -0.2) is 24.4 Å². The quantitative estimate of drug-likeness (QED) is 0.643. The number of urea groups is 1. The highest BCUT2D eigenvalue weighted by Gasteiger charge is 2.22. The third-order valence-corrected chi connectivity index (χ3v) is 5.18. The van der Waals surface area contributed by atoms with E-state index in [0.717, 1.165) is 5.56 Å². The minimum atomic E-state index is -4.18. The molecule has 0 unspecified atom stereocenters. The zero-order chi connectivity index (χ0) is 20.9. The molecule has 2 aromatic carbocycles. The van der Waals surface area contributed by atoms with E-state index in [9.17, 15) is 13.2 Å². The number of hydrogen-bond acceptors (Lipinski definition) is 6. The molecule has 29 heavy (non-hydrogen) atoms. The van der Waals surface area contributed by atoms with Crippen LogP contribution in [0, 0.1) is 13.8 Å². The first-order chi connectivity index (χ1) is 13.8. The predicted molar refractivity (Wildman–Crippen MR) is 108 cm³/mol. The molecule has 0 radical (unpaired) electrons. The number of nitrogens with one attached hydrogen (secondary N) is 2. The van der Waals surface area contributed by atoms with Crippen LogP contribution in [0.15, 0.2) is 65.6 Å². The maximum absolute atomic E-state index is 12.7. The topological polar surface area (TPSA) is 110 Å². The summed E-state index contributed by atoms with van der Waals surface area (Å²) in [6.07, 6.45) is 0. The second-order valence-corrected chi connectivity index (χ2v) is 7.91. The van der Waals surface area contributed by atoms with E-state index >= 15 is 0 Å². The Morgan fingerprint density at radius 1 is 0.966 bits per heavy atom. The molecule has 3 rings (SSSR count). The molecule has 0 aliphatic carbocycles. The van der Waals surface area contributed by atoms with Gasteiger partial charge in [-0.25, -0.2) is 27.9 Å². The molecule has 0 aliphatic heterocycles. The number of carbonyl (C=O) groups excluding carboxylic acids is 1. The molecule has 8 nitrogen and oxygen atoms in total. The summed E-state index contributed by atoms with van der Waals surface area (Å²) in [6.45, 7) is 3.68. The van der Waals surface area contributed by atoms with Crippen molar-refractivity contribution in [2.75, 3.05) is 5.32 Å². The summed E-state index contributed by atoms with van der Waals surface area (Å²) in [4.78, 5) is 20.2. The van der Waals surface area contributed by atoms with Crippen molar-refractivity contribution in [2.45, 2.75) is 25.3 Å². The van der Waals surface area contributed by atoms with Crippen molar-refractivity contribution >= 4 is 22.0 Å². The lowest BCUT2D eigenvalue weighted by molar-refractivity contribution is 0.256. The van der Waals surface area contributed by atoms with Gasteiger partial charge in [0.05, 0.1) is 0 Å². The van der Waals surface area contributed by atoms with E-state index in [2.05, 4.69) is 15.3 Å². The van der Waals surface area contributed by atoms with Crippen LogP contribution in [-0.2, 0) is 16.6 Å². The number of carbonyl (C=O) groups is 1. The van der Waals surface area contributed by atoms with Crippen molar-refractivity contribution in [3.63, 3.8) is 0 Å². The Kier molecular flexibility index (Phi) is 6.08. The van der Waals surface area contributed by atoms with Gasteiger partial charge in [0, 0.05) is 11.4 Å². The van der Waals surface area contributed by atoms with Crippen molar-refractivity contribution in [1.82, 2.24) is 14.7 Å². The molecule has 0 aliphatic rings. The fraction of sp³-hybridized carbons (Fsp3) is 0.150. The number of amides is 2. The molecule has 3 aromatic rings. The molecule has 0 atom stereocenters. The van der Waals surface area contributed by atoms with E-state index < -0.39 is 16.1 Å². The summed E-state index contributed by atoms with van der Waals surface area (Å²) in [6, 6.07) is 16.2. The number of sulfonamides is 1. The Bertz CT molecular complexity index is 1100. The Balaban J connectivity index is 1.74. The molecular weight excluding hydrogens is 392 g/mol. The number of aromatic nitrogens is 2. The minimum Gasteiger partial charge on any atom is -0.487 e. The maximum atomic E-state index is 12.7. The summed E-state index contributed by atoms with van der Waals surface area (Å²) in [5.74, 6) is 0.156. The number of anilines is 1. The average molecular weight is 412 g/mol. The number of para-hydroxylation sites is 1. The standard InChI is InChI=1S/C20H20N4O4S/c1-14-12-15(2)22-19(21-14)23-20(25)24-29(26,27)18-11-7-6-10-17(18)28-13-16-8-4-3-5-9-16/h3-12H,13H2,1-2H3,(H2,21,22,23,24,25). The molecule has 1 aromatic heterocycles. The Morgan fingerprint density at radius 3 is 2.28 bits per heavy atom. The lowest BCUT2D eigenvalue weighted by atomic mass is 10.2. The summed E-state index contributed by atoms with van der Waals surface area (Å²) in [5, 5.41) is 2.33. The molecule has 0 fully saturated rings. The van der Waals surface area contributed by atoms with E-state index in [1.54, 1.807) is 32.0 Å². The third-order valence-electron chi connectivity index (χ3n) is 3.81. The zero-order valence-electron chi connectivity index (χ0n) is 15.9. The number of hydrogen-bond donors (Lipinski definition) is 2. The highest BCUT2D eigenvalue weighted by molar-refractivity contribution is 7.90. The largest absolute Gasteiger partial charge is 0.487 e. The molecule has 1 heterocycles. The Hall–Kier alpha value is -3.46. The third kappa shape index (κ3) is 5.52. The summed E-state index contributed by atoms with van der Waals surface area (Å²) >= 11 is 0. The highest BCUT2D eigenvalue weighted by Crippen LogP contribution is 2.24. The molecule has 0 saturated carbocycles. The van der Waals surface area contributed by atoms with E-state index in [1.165, 1.54) is 12.1 Å². The van der Waals surface area contributed by atoms with Gasteiger partial charge in [-0.1, -0.05) is 42.5 Å². The second kappa shape index (κ2) is 8.70. The van der Waals surface area contributed by atoms with Gasteiger partial charge < -0.3 is 4.74 Å². The zero-order valence-corrected chi connectivity index (χ0v) is 16.7. The van der Waals surface area contributed by atoms with Crippen LogP contribution in [0.2, 0.25) is 0 Å². The Morgan fingerprint density at radius 2 is 1.59 bits per heavy atom. The molecule has 0 bridgehead atoms. The van der Waals surface area contributed by atoms with Crippen LogP contribution in [0.25, 0.3) is 0 Å². The average Bonchev–Trinajstić information content (AvgIpc) is 2.66. The van der Waals surface area contributed by atoms with Gasteiger partial charge in [0.25, 0.3) is 10.0 Å². The van der Waals surface area contributed by atoms with Gasteiger partial charge in [-0.2, -0.15) is 0 Å². The molecule has 150 valence electrons. The summed E-state index contributed by atoms with van der Waals surface area (Å²) < 4.78 is 33.0. The van der Waals surface area contributed by atoms with Gasteiger partial charge in [0.2, 0.25) is 5.95 Å². The molecule has 0 spiro atoms. The number of ether oxygens (including phenoxy) is 1. The first-order valence-corrected chi connectivity index (χ1v) is 10.2. The van der Waals surface area contributed by atoms with Crippen LogP contribution in [0.1, 0.15) is 17.0 Å². The first-order valence-electron chi connectivity index (χ1n) is 8.75. The van der Waals surface area contributed by atoms with E-state index in [4.69, 9.17) is 4.74 Å². The number of nitrogens with zero attached hydrogens (tertiary/aromatic N) is 2. The van der Waals surface area contributed by atoms with Gasteiger partial charge in [-0.15, -0.1) is 0 Å². The van der Waals surface area contributed by atoms with Crippen LogP contribution < -0.4 is 14.8 Å². The second-order valence-electron chi connectivity index (χ2n) is 6.25. The van der Waals surface area contributed by atoms with Crippen LogP contribution in [0.5, 0.6) is 5.75 Å². The van der Waals surface area contributed by atoms with Crippen molar-refractivity contribution in [3.05, 3.63) is 77.6 Å². The van der Waals surface area contributed by atoms with E-state index in [-0.39, 0.29) is 23.2 Å². The number of rotatable bonds is 6. The predicted octanol–water partition coefficient (Wildman–Crippen LogP) is 3.18. The van der Waals surface area contributed by atoms with Gasteiger partial charge >= 0.3 is 6.03 Å². The smallest absolute Gasteiger partial charge is 0.335 e. The van der Waals surface area contributed by atoms with Crippen LogP contribution in [0.3, 0.4) is 0 Å². The first kappa shape index (κ1) is 20.3. The molecule has 0 saturated heterocycles. The molecular formula is C20H20N4O4S. The van der Waals surface area contributed by atoms with Crippen molar-refractivity contribution in [1.29, 1.82) is 0 Å². The fourth-order valence-corrected chi connectivity index (χ4v) is 3.67. The highest BCUT2D eigenvalue weighted by atomic mass is 32.2. The number of benzene rings is 2. The van der Waals surface area contributed by atoms with E-state index in [0.29, 0.717) is 11.4 Å². The van der Waals surface area contributed by atoms with E-state index in [1.807, 2.05) is 35.1 Å². The maximum Gasteiger partial charge on any atom is 0.335 e. The summed E-state index contributed by atoms with van der Waals surface area (Å²) in [7, 11) is -4.18. The SMILES string of the molecule is Cc1cc(C)nc(NC(=O)NS(=O)(=O)c2ccccc2OCc2ccccc2)n1. The van der Waals surface area contributed by atoms with Gasteiger partial charge in [-0.3, -0.25) is 5.32 Å². The van der Waals surface area contributed by atoms with Gasteiger partial charge in [-0.05, 0) is 37.6 Å². The monoisotopic (exact) mass is 412 g/mol. The molecule has 2 amide bonds. The van der Waals surface area contributed by atoms with Crippen molar-refractivity contribution in [2.24, 2.45) is 0 Å². The lowest BCUT2D eigenvalue weighted by Crippen LogP contribution is -2.35. The van der Waals surface area contributed by atoms with Crippen molar-refractivity contribution in [3.8, 4) is 5.75 Å². The fourth-order valence-electron chi connectivity index (χ4n) is 2.61. The van der Waals surface area contributed by atoms with Gasteiger partial charge in [0.1, 0.15) is 17.3 Å². The minimum absolute atomic E-state index is 0.0174. The molecule has 9 heteroatoms. The van der Waals surface area contributed by atoms with Crippen LogP contribution >= 0.6 is 0 Å². The normalized spacial score (nSPS) is 11.0. The molecule has 2 N–H and O–H groups in total. The Labute approximate surface area is 169 Å². The summed E-state index contributed by atoms with van der Waals surface area (Å²) in [5.41, 5.74) is 2.18. The number of aryl methyl sites for hydroxylation is 2. The van der Waals surface area contributed by atoms with Gasteiger partial charge in [0.15, 0.2) is 0 Å². The van der Waals surface area contributed by atoms with Crippen LogP contribution in [0.4, 0.5) is 10.7 Å².